The van der Waals surface area contributed by atoms with Crippen molar-refractivity contribution in [3.63, 3.8) is 0 Å². The number of hydrogen-bond acceptors (Lipinski definition) is 7. The third kappa shape index (κ3) is 6.48. The fourth-order valence-corrected chi connectivity index (χ4v) is 6.17. The minimum absolute atomic E-state index is 0.00663. The highest BCUT2D eigenvalue weighted by Gasteiger charge is 2.47. The number of benzene rings is 1. The molecule has 0 spiro atoms. The van der Waals surface area contributed by atoms with Crippen LogP contribution in [0.25, 0.3) is 0 Å². The smallest absolute Gasteiger partial charge is 0.410 e. The molecule has 3 aliphatic rings. The first kappa shape index (κ1) is 28.9. The summed E-state index contributed by atoms with van der Waals surface area (Å²) in [6, 6.07) is 11.3. The molecule has 220 valence electrons. The lowest BCUT2D eigenvalue weighted by atomic mass is 9.79. The maximum atomic E-state index is 12.9. The maximum Gasteiger partial charge on any atom is 0.410 e. The number of piperazine rings is 1. The highest BCUT2D eigenvalue weighted by atomic mass is 16.6. The lowest BCUT2D eigenvalue weighted by molar-refractivity contribution is -0.117. The summed E-state index contributed by atoms with van der Waals surface area (Å²) in [5, 5.41) is 3.66. The number of ether oxygens (including phenoxy) is 1. The molecule has 1 saturated carbocycles. The molecule has 0 unspecified atom stereocenters. The van der Waals surface area contributed by atoms with Gasteiger partial charge in [0.2, 0.25) is 11.8 Å². The molecule has 0 bridgehead atoms. The molecule has 1 saturated heterocycles. The van der Waals surface area contributed by atoms with E-state index < -0.39 is 11.5 Å². The number of rotatable bonds is 6. The number of amides is 3. The predicted octanol–water partition coefficient (Wildman–Crippen LogP) is 4.17. The molecule has 3 heterocycles. The van der Waals surface area contributed by atoms with E-state index >= 15 is 0 Å². The van der Waals surface area contributed by atoms with E-state index in [4.69, 9.17) is 15.5 Å². The number of fused-ring (bicyclic) bond motifs is 1. The second-order valence-electron chi connectivity index (χ2n) is 12.6. The molecular formula is C31H42N6O4. The van der Waals surface area contributed by atoms with Crippen molar-refractivity contribution in [3.8, 4) is 0 Å². The molecule has 3 amide bonds. The molecule has 5 rings (SSSR count). The summed E-state index contributed by atoms with van der Waals surface area (Å²) in [4.78, 5) is 48.2. The van der Waals surface area contributed by atoms with Gasteiger partial charge < -0.3 is 25.6 Å². The largest absolute Gasteiger partial charge is 0.444 e. The number of aromatic nitrogens is 1. The van der Waals surface area contributed by atoms with Crippen molar-refractivity contribution in [1.29, 1.82) is 0 Å². The van der Waals surface area contributed by atoms with Crippen LogP contribution in [0.4, 0.5) is 16.3 Å². The molecule has 2 aliphatic heterocycles. The first-order chi connectivity index (χ1) is 19.4. The maximum absolute atomic E-state index is 12.9. The minimum Gasteiger partial charge on any atom is -0.444 e. The zero-order chi connectivity index (χ0) is 29.5. The molecule has 10 heteroatoms. The zero-order valence-corrected chi connectivity index (χ0v) is 24.7. The Morgan fingerprint density at radius 2 is 1.78 bits per heavy atom. The number of anilines is 2. The Kier molecular flexibility index (Phi) is 7.96. The molecule has 41 heavy (non-hydrogen) atoms. The van der Waals surface area contributed by atoms with E-state index in [1.807, 2.05) is 56.0 Å². The van der Waals surface area contributed by atoms with Gasteiger partial charge in [-0.15, -0.1) is 0 Å². The third-order valence-corrected chi connectivity index (χ3v) is 8.23. The number of carbonyl (C=O) groups excluding carboxylic acids is 3. The van der Waals surface area contributed by atoms with Crippen LogP contribution < -0.4 is 16.0 Å². The molecule has 1 aromatic heterocycles. The normalized spacial score (nSPS) is 23.1. The Bertz CT molecular complexity index is 1310. The van der Waals surface area contributed by atoms with E-state index in [-0.39, 0.29) is 30.0 Å². The van der Waals surface area contributed by atoms with E-state index in [1.54, 1.807) is 17.9 Å². The summed E-state index contributed by atoms with van der Waals surface area (Å²) in [5.41, 5.74) is 8.19. The first-order valence-corrected chi connectivity index (χ1v) is 14.6. The van der Waals surface area contributed by atoms with Gasteiger partial charge in [-0.3, -0.25) is 14.5 Å². The standard InChI is InChI=1S/C31H42N6O4/c1-19-27(24-17-22(29(32)39)11-12-25(24)37(20(2)38)28(19)21-9-10-21)34-26-8-6-7-23(33-26)18-35-13-15-36(16-14-35)30(40)41-31(3,4)5/h6-8,11-12,17,19,21,27-28H,9-10,13-16,18H2,1-5H3,(H2,32,39)(H,33,34)/t19-,27-,28-/m1/s1. The number of nitrogens with one attached hydrogen (secondary N) is 1. The van der Waals surface area contributed by atoms with Crippen LogP contribution in [-0.4, -0.2) is 70.5 Å². The Labute approximate surface area is 242 Å². The summed E-state index contributed by atoms with van der Waals surface area (Å²) >= 11 is 0. The van der Waals surface area contributed by atoms with Gasteiger partial charge in [-0.25, -0.2) is 9.78 Å². The van der Waals surface area contributed by atoms with Gasteiger partial charge in [0.25, 0.3) is 0 Å². The van der Waals surface area contributed by atoms with Crippen molar-refractivity contribution < 1.29 is 19.1 Å². The summed E-state index contributed by atoms with van der Waals surface area (Å²) in [7, 11) is 0. The van der Waals surface area contributed by atoms with Gasteiger partial charge in [-0.1, -0.05) is 13.0 Å². The van der Waals surface area contributed by atoms with Gasteiger partial charge in [0.1, 0.15) is 11.4 Å². The molecule has 0 radical (unpaired) electrons. The van der Waals surface area contributed by atoms with Crippen LogP contribution in [0.5, 0.6) is 0 Å². The van der Waals surface area contributed by atoms with Gasteiger partial charge in [0.05, 0.1) is 11.7 Å². The van der Waals surface area contributed by atoms with Gasteiger partial charge in [0, 0.05) is 62.9 Å². The number of nitrogens with two attached hydrogens (primary N) is 1. The molecule has 1 aliphatic carbocycles. The summed E-state index contributed by atoms with van der Waals surface area (Å²) in [6.45, 7) is 12.8. The first-order valence-electron chi connectivity index (χ1n) is 14.6. The van der Waals surface area contributed by atoms with E-state index in [0.717, 1.165) is 48.7 Å². The van der Waals surface area contributed by atoms with E-state index in [0.29, 0.717) is 31.1 Å². The van der Waals surface area contributed by atoms with Crippen LogP contribution in [0.15, 0.2) is 36.4 Å². The topological polar surface area (TPSA) is 121 Å². The molecule has 10 nitrogen and oxygen atoms in total. The Hall–Kier alpha value is -3.66. The Morgan fingerprint density at radius 3 is 2.39 bits per heavy atom. The van der Waals surface area contributed by atoms with Crippen molar-refractivity contribution in [1.82, 2.24) is 14.8 Å². The van der Waals surface area contributed by atoms with Crippen molar-refractivity contribution in [2.75, 3.05) is 36.4 Å². The van der Waals surface area contributed by atoms with Crippen LogP contribution in [0, 0.1) is 11.8 Å². The number of pyridine rings is 1. The number of primary amides is 1. The van der Waals surface area contributed by atoms with Crippen molar-refractivity contribution >= 4 is 29.4 Å². The van der Waals surface area contributed by atoms with Crippen molar-refractivity contribution in [2.24, 2.45) is 17.6 Å². The molecular weight excluding hydrogens is 520 g/mol. The molecule has 3 N–H and O–H groups in total. The van der Waals surface area contributed by atoms with Crippen molar-refractivity contribution in [3.05, 3.63) is 53.2 Å². The highest BCUT2D eigenvalue weighted by Crippen LogP contribution is 2.50. The quantitative estimate of drug-likeness (QED) is 0.542. The highest BCUT2D eigenvalue weighted by molar-refractivity contribution is 5.97. The number of hydrogen-bond donors (Lipinski definition) is 2. The second-order valence-corrected chi connectivity index (χ2v) is 12.6. The van der Waals surface area contributed by atoms with Gasteiger partial charge in [-0.05, 0) is 75.4 Å². The molecule has 2 aromatic rings. The number of carbonyl (C=O) groups is 3. The van der Waals surface area contributed by atoms with Crippen LogP contribution >= 0.6 is 0 Å². The second kappa shape index (κ2) is 11.3. The summed E-state index contributed by atoms with van der Waals surface area (Å²) in [6.07, 6.45) is 1.94. The molecule has 3 atom stereocenters. The van der Waals surface area contributed by atoms with Crippen LogP contribution in [0.3, 0.4) is 0 Å². The zero-order valence-electron chi connectivity index (χ0n) is 24.7. The van der Waals surface area contributed by atoms with Gasteiger partial charge in [-0.2, -0.15) is 0 Å². The SMILES string of the molecule is CC(=O)N1c2ccc(C(N)=O)cc2[C@H](Nc2cccc(CN3CCN(C(=O)OC(C)(C)C)CC3)n2)[C@@H](C)[C@@H]1C1CC1. The monoisotopic (exact) mass is 562 g/mol. The van der Waals surface area contributed by atoms with Crippen LogP contribution in [0.1, 0.15) is 75.1 Å². The average Bonchev–Trinajstić information content (AvgIpc) is 3.74. The van der Waals surface area contributed by atoms with Crippen LogP contribution in [0.2, 0.25) is 0 Å². The van der Waals surface area contributed by atoms with E-state index in [1.165, 1.54) is 0 Å². The van der Waals surface area contributed by atoms with Crippen molar-refractivity contribution in [2.45, 2.75) is 71.7 Å². The molecule has 1 aromatic carbocycles. The van der Waals surface area contributed by atoms with Gasteiger partial charge in [0.15, 0.2) is 0 Å². The fraction of sp³-hybridized carbons (Fsp3) is 0.548. The average molecular weight is 563 g/mol. The lowest BCUT2D eigenvalue weighted by Crippen LogP contribution is -2.51. The summed E-state index contributed by atoms with van der Waals surface area (Å²) in [5.74, 6) is 0.805. The van der Waals surface area contributed by atoms with Crippen LogP contribution in [-0.2, 0) is 16.1 Å². The minimum atomic E-state index is -0.508. The Balaban J connectivity index is 1.33. The van der Waals surface area contributed by atoms with Gasteiger partial charge >= 0.3 is 6.09 Å². The van der Waals surface area contributed by atoms with E-state index in [9.17, 15) is 14.4 Å². The lowest BCUT2D eigenvalue weighted by Gasteiger charge is -2.46. The molecule has 2 fully saturated rings. The third-order valence-electron chi connectivity index (χ3n) is 8.23. The number of nitrogens with zero attached hydrogens (tertiary/aromatic N) is 4. The van der Waals surface area contributed by atoms with E-state index in [2.05, 4.69) is 17.1 Å². The summed E-state index contributed by atoms with van der Waals surface area (Å²) < 4.78 is 5.52. The Morgan fingerprint density at radius 1 is 1.07 bits per heavy atom. The fourth-order valence-electron chi connectivity index (χ4n) is 6.17. The predicted molar refractivity (Wildman–Crippen MR) is 157 cm³/mol.